The van der Waals surface area contributed by atoms with E-state index in [1.807, 2.05) is 0 Å². The Labute approximate surface area is 130 Å². The van der Waals surface area contributed by atoms with E-state index in [-0.39, 0.29) is 17.7 Å². The van der Waals surface area contributed by atoms with E-state index in [1.54, 1.807) is 0 Å². The molecule has 1 aromatic carbocycles. The number of carboxylic acids is 1. The Balaban J connectivity index is 2.49. The summed E-state index contributed by atoms with van der Waals surface area (Å²) in [5, 5.41) is 11.9. The van der Waals surface area contributed by atoms with Crippen molar-refractivity contribution in [3.8, 4) is 0 Å². The molecule has 0 fully saturated rings. The first-order valence-corrected chi connectivity index (χ1v) is 6.64. The maximum Gasteiger partial charge on any atom is 0.331 e. The first-order chi connectivity index (χ1) is 10.8. The highest BCUT2D eigenvalue weighted by Crippen LogP contribution is 2.17. The number of aliphatic carboxylic acids is 1. The first kappa shape index (κ1) is 16.6. The van der Waals surface area contributed by atoms with Gasteiger partial charge in [-0.3, -0.25) is 9.59 Å². The van der Waals surface area contributed by atoms with Crippen LogP contribution in [-0.4, -0.2) is 41.2 Å². The maximum absolute atomic E-state index is 13.3. The number of amides is 1. The molecule has 3 N–H and O–H groups in total. The van der Waals surface area contributed by atoms with Crippen molar-refractivity contribution in [3.63, 3.8) is 0 Å². The van der Waals surface area contributed by atoms with Crippen molar-refractivity contribution in [3.05, 3.63) is 46.0 Å². The zero-order valence-corrected chi connectivity index (χ0v) is 12.5. The molecule has 0 radical (unpaired) electrons. The highest BCUT2D eigenvalue weighted by atomic mass is 19.1. The Morgan fingerprint density at radius 1 is 1.39 bits per heavy atom. The van der Waals surface area contributed by atoms with Crippen LogP contribution in [-0.2, 0) is 9.53 Å². The lowest BCUT2D eigenvalue weighted by Gasteiger charge is -2.25. The van der Waals surface area contributed by atoms with Crippen LogP contribution >= 0.6 is 0 Å². The predicted octanol–water partition coefficient (Wildman–Crippen LogP) is 0.887. The maximum atomic E-state index is 13.3. The lowest BCUT2D eigenvalue weighted by Crippen LogP contribution is -2.55. The van der Waals surface area contributed by atoms with Crippen LogP contribution in [0.2, 0.25) is 0 Å². The van der Waals surface area contributed by atoms with Gasteiger partial charge in [-0.2, -0.15) is 0 Å². The zero-order valence-electron chi connectivity index (χ0n) is 12.5. The van der Waals surface area contributed by atoms with E-state index in [2.05, 4.69) is 10.3 Å². The third-order valence-corrected chi connectivity index (χ3v) is 3.34. The fourth-order valence-electron chi connectivity index (χ4n) is 2.18. The van der Waals surface area contributed by atoms with Crippen LogP contribution in [0.25, 0.3) is 10.9 Å². The average Bonchev–Trinajstić information content (AvgIpc) is 2.45. The molecule has 0 bridgehead atoms. The number of rotatable bonds is 5. The number of carbonyl (C=O) groups excluding carboxylic acids is 1. The Bertz CT molecular complexity index is 832. The molecule has 0 aliphatic heterocycles. The summed E-state index contributed by atoms with van der Waals surface area (Å²) < 4.78 is 18.1. The smallest absolute Gasteiger partial charge is 0.331 e. The van der Waals surface area contributed by atoms with Gasteiger partial charge in [-0.25, -0.2) is 9.18 Å². The molecule has 0 aliphatic carbocycles. The van der Waals surface area contributed by atoms with Crippen molar-refractivity contribution in [1.29, 1.82) is 0 Å². The molecule has 23 heavy (non-hydrogen) atoms. The number of methoxy groups -OCH3 is 1. The van der Waals surface area contributed by atoms with Crippen molar-refractivity contribution >= 4 is 22.8 Å². The van der Waals surface area contributed by atoms with E-state index < -0.39 is 28.8 Å². The summed E-state index contributed by atoms with van der Waals surface area (Å²) in [6.45, 7) is 1.02. The van der Waals surface area contributed by atoms with Crippen molar-refractivity contribution in [2.45, 2.75) is 12.5 Å². The van der Waals surface area contributed by atoms with Gasteiger partial charge in [-0.05, 0) is 25.1 Å². The standard InChI is InChI=1S/C15H15FN2O5/c1-15(7-23-2,14(21)22)18-13(20)10-6-12(19)17-11-5-8(16)3-4-9(10)11/h3-6H,7H2,1-2H3,(H,17,19)(H,18,20)(H,21,22). The third-order valence-electron chi connectivity index (χ3n) is 3.34. The minimum Gasteiger partial charge on any atom is -0.479 e. The number of aromatic nitrogens is 1. The fraction of sp³-hybridized carbons (Fsp3) is 0.267. The van der Waals surface area contributed by atoms with E-state index in [9.17, 15) is 23.9 Å². The van der Waals surface area contributed by atoms with Gasteiger partial charge in [0.2, 0.25) is 5.56 Å². The van der Waals surface area contributed by atoms with Crippen LogP contribution in [0.4, 0.5) is 4.39 Å². The SMILES string of the molecule is COCC(C)(NC(=O)c1cc(=O)[nH]c2cc(F)ccc12)C(=O)O. The van der Waals surface area contributed by atoms with Gasteiger partial charge in [0.25, 0.3) is 5.91 Å². The number of benzene rings is 1. The number of hydrogen-bond donors (Lipinski definition) is 3. The van der Waals surface area contributed by atoms with Crippen molar-refractivity contribution in [2.75, 3.05) is 13.7 Å². The number of aromatic amines is 1. The number of nitrogens with one attached hydrogen (secondary N) is 2. The van der Waals surface area contributed by atoms with Gasteiger partial charge < -0.3 is 20.1 Å². The minimum atomic E-state index is -1.67. The van der Waals surface area contributed by atoms with Gasteiger partial charge in [0, 0.05) is 18.6 Å². The van der Waals surface area contributed by atoms with Gasteiger partial charge in [-0.15, -0.1) is 0 Å². The summed E-state index contributed by atoms with van der Waals surface area (Å²) in [5.41, 5.74) is -2.17. The summed E-state index contributed by atoms with van der Waals surface area (Å²) in [6, 6.07) is 4.59. The number of fused-ring (bicyclic) bond motifs is 1. The van der Waals surface area contributed by atoms with E-state index in [1.165, 1.54) is 20.1 Å². The predicted molar refractivity (Wildman–Crippen MR) is 79.9 cm³/mol. The van der Waals surface area contributed by atoms with Gasteiger partial charge in [0.15, 0.2) is 5.54 Å². The summed E-state index contributed by atoms with van der Waals surface area (Å²) in [6.07, 6.45) is 0. The molecular formula is C15H15FN2O5. The summed E-state index contributed by atoms with van der Waals surface area (Å²) >= 11 is 0. The van der Waals surface area contributed by atoms with Crippen LogP contribution in [0.3, 0.4) is 0 Å². The number of H-pyrrole nitrogens is 1. The highest BCUT2D eigenvalue weighted by Gasteiger charge is 2.35. The van der Waals surface area contributed by atoms with Gasteiger partial charge in [-0.1, -0.05) is 0 Å². The summed E-state index contributed by atoms with van der Waals surface area (Å²) in [7, 11) is 1.30. The number of hydrogen-bond acceptors (Lipinski definition) is 4. The normalized spacial score (nSPS) is 13.5. The second kappa shape index (κ2) is 6.17. The van der Waals surface area contributed by atoms with Crippen LogP contribution in [0.1, 0.15) is 17.3 Å². The second-order valence-corrected chi connectivity index (χ2v) is 5.26. The highest BCUT2D eigenvalue weighted by molar-refractivity contribution is 6.07. The van der Waals surface area contributed by atoms with E-state index in [4.69, 9.17) is 4.74 Å². The average molecular weight is 322 g/mol. The molecule has 1 unspecified atom stereocenters. The summed E-state index contributed by atoms with van der Waals surface area (Å²) in [4.78, 5) is 37.8. The molecule has 2 rings (SSSR count). The van der Waals surface area contributed by atoms with E-state index in [0.717, 1.165) is 18.2 Å². The quantitative estimate of drug-likeness (QED) is 0.757. The molecule has 0 spiro atoms. The zero-order chi connectivity index (χ0) is 17.2. The van der Waals surface area contributed by atoms with Crippen molar-refractivity contribution in [1.82, 2.24) is 10.3 Å². The van der Waals surface area contributed by atoms with Crippen LogP contribution in [0.5, 0.6) is 0 Å². The Morgan fingerprint density at radius 2 is 2.09 bits per heavy atom. The Morgan fingerprint density at radius 3 is 2.70 bits per heavy atom. The Hall–Kier alpha value is -2.74. The lowest BCUT2D eigenvalue weighted by molar-refractivity contribution is -0.145. The lowest BCUT2D eigenvalue weighted by atomic mass is 10.0. The Kier molecular flexibility index (Phi) is 4.46. The minimum absolute atomic E-state index is 0.0488. The van der Waals surface area contributed by atoms with Gasteiger partial charge in [0.1, 0.15) is 5.82 Å². The number of pyridine rings is 1. The molecule has 7 nitrogen and oxygen atoms in total. The van der Waals surface area contributed by atoms with Crippen LogP contribution in [0.15, 0.2) is 29.1 Å². The van der Waals surface area contributed by atoms with E-state index in [0.29, 0.717) is 5.39 Å². The molecule has 0 saturated carbocycles. The molecule has 1 atom stereocenters. The molecule has 122 valence electrons. The topological polar surface area (TPSA) is 108 Å². The monoisotopic (exact) mass is 322 g/mol. The van der Waals surface area contributed by atoms with Crippen LogP contribution in [0, 0.1) is 5.82 Å². The number of halogens is 1. The molecule has 2 aromatic rings. The molecule has 1 amide bonds. The molecule has 8 heteroatoms. The molecule has 0 saturated heterocycles. The fourth-order valence-corrected chi connectivity index (χ4v) is 2.18. The second-order valence-electron chi connectivity index (χ2n) is 5.26. The third kappa shape index (κ3) is 3.37. The van der Waals surface area contributed by atoms with Gasteiger partial charge >= 0.3 is 5.97 Å². The molecule has 1 heterocycles. The van der Waals surface area contributed by atoms with Crippen molar-refractivity contribution in [2.24, 2.45) is 0 Å². The molecule has 1 aromatic heterocycles. The molecular weight excluding hydrogens is 307 g/mol. The molecule has 0 aliphatic rings. The largest absolute Gasteiger partial charge is 0.479 e. The number of ether oxygens (including phenoxy) is 1. The summed E-state index contributed by atoms with van der Waals surface area (Å²) in [5.74, 6) is -2.62. The van der Waals surface area contributed by atoms with E-state index >= 15 is 0 Å². The number of carboxylic acid groups (broad SMARTS) is 1. The van der Waals surface area contributed by atoms with Crippen LogP contribution < -0.4 is 10.9 Å². The first-order valence-electron chi connectivity index (χ1n) is 6.64. The van der Waals surface area contributed by atoms with Crippen molar-refractivity contribution < 1.29 is 23.8 Å². The van der Waals surface area contributed by atoms with Gasteiger partial charge in [0.05, 0.1) is 17.7 Å². The number of carbonyl (C=O) groups is 2.